The van der Waals surface area contributed by atoms with Crippen LogP contribution in [0.25, 0.3) is 5.65 Å². The summed E-state index contributed by atoms with van der Waals surface area (Å²) in [5.74, 6) is 0.273. The van der Waals surface area contributed by atoms with Crippen LogP contribution in [0.1, 0.15) is 0 Å². The van der Waals surface area contributed by atoms with Crippen molar-refractivity contribution in [1.82, 2.24) is 14.3 Å². The molecule has 1 fully saturated rings. The van der Waals surface area contributed by atoms with Gasteiger partial charge in [0, 0.05) is 19.3 Å². The standard InChI is InChI=1S/C14H14N4O2/c1-2-13(19)17-7-8-18(14(20)10-17)12-9-16-6-4-3-5-11(16)15-12/h2-6,9H,1,7-8,10H2. The number of carbonyl (C=O) groups excluding carboxylic acids is 2. The Morgan fingerprint density at radius 1 is 1.35 bits per heavy atom. The van der Waals surface area contributed by atoms with Crippen molar-refractivity contribution in [2.45, 2.75) is 0 Å². The van der Waals surface area contributed by atoms with E-state index in [0.717, 1.165) is 5.65 Å². The Morgan fingerprint density at radius 3 is 2.90 bits per heavy atom. The van der Waals surface area contributed by atoms with Crippen molar-refractivity contribution < 1.29 is 9.59 Å². The molecular formula is C14H14N4O2. The Hall–Kier alpha value is -2.63. The summed E-state index contributed by atoms with van der Waals surface area (Å²) in [6.07, 6.45) is 4.93. The van der Waals surface area contributed by atoms with E-state index in [0.29, 0.717) is 18.9 Å². The van der Waals surface area contributed by atoms with Gasteiger partial charge in [-0.2, -0.15) is 0 Å². The summed E-state index contributed by atoms with van der Waals surface area (Å²) in [6.45, 7) is 4.44. The molecule has 2 aromatic heterocycles. The quantitative estimate of drug-likeness (QED) is 0.755. The van der Waals surface area contributed by atoms with Gasteiger partial charge in [-0.1, -0.05) is 12.6 Å². The smallest absolute Gasteiger partial charge is 0.247 e. The van der Waals surface area contributed by atoms with Crippen molar-refractivity contribution in [2.24, 2.45) is 0 Å². The average Bonchev–Trinajstić information content (AvgIpc) is 2.89. The Balaban J connectivity index is 1.83. The minimum Gasteiger partial charge on any atom is -0.328 e. The number of amides is 2. The molecule has 0 N–H and O–H groups in total. The second-order valence-corrected chi connectivity index (χ2v) is 4.57. The third-order valence-corrected chi connectivity index (χ3v) is 3.33. The molecule has 0 spiro atoms. The van der Waals surface area contributed by atoms with Gasteiger partial charge in [-0.05, 0) is 18.2 Å². The van der Waals surface area contributed by atoms with Gasteiger partial charge in [0.05, 0.1) is 6.20 Å². The molecule has 2 aromatic rings. The number of rotatable bonds is 2. The van der Waals surface area contributed by atoms with E-state index >= 15 is 0 Å². The molecular weight excluding hydrogens is 256 g/mol. The Kier molecular flexibility index (Phi) is 2.98. The van der Waals surface area contributed by atoms with Crippen LogP contribution in [0.4, 0.5) is 5.82 Å². The van der Waals surface area contributed by atoms with E-state index in [9.17, 15) is 9.59 Å². The zero-order chi connectivity index (χ0) is 14.1. The summed E-state index contributed by atoms with van der Waals surface area (Å²) in [4.78, 5) is 31.2. The van der Waals surface area contributed by atoms with Crippen LogP contribution in [-0.2, 0) is 9.59 Å². The summed E-state index contributed by atoms with van der Waals surface area (Å²) >= 11 is 0. The highest BCUT2D eigenvalue weighted by Gasteiger charge is 2.28. The molecule has 1 aliphatic rings. The Bertz CT molecular complexity index is 658. The first kappa shape index (κ1) is 12.4. The summed E-state index contributed by atoms with van der Waals surface area (Å²) < 4.78 is 1.86. The molecule has 20 heavy (non-hydrogen) atoms. The van der Waals surface area contributed by atoms with Gasteiger partial charge in [-0.25, -0.2) is 4.98 Å². The van der Waals surface area contributed by atoms with Gasteiger partial charge >= 0.3 is 0 Å². The Labute approximate surface area is 115 Å². The molecule has 2 amide bonds. The zero-order valence-electron chi connectivity index (χ0n) is 10.9. The van der Waals surface area contributed by atoms with Crippen LogP contribution in [0.2, 0.25) is 0 Å². The number of piperazine rings is 1. The maximum Gasteiger partial charge on any atom is 0.247 e. The number of hydrogen-bond acceptors (Lipinski definition) is 3. The molecule has 1 aliphatic heterocycles. The number of imidazole rings is 1. The monoisotopic (exact) mass is 270 g/mol. The molecule has 3 rings (SSSR count). The van der Waals surface area contributed by atoms with Crippen LogP contribution < -0.4 is 4.90 Å². The molecule has 0 aliphatic carbocycles. The highest BCUT2D eigenvalue weighted by Crippen LogP contribution is 2.17. The van der Waals surface area contributed by atoms with E-state index in [1.807, 2.05) is 35.0 Å². The number of hydrogen-bond donors (Lipinski definition) is 0. The summed E-state index contributed by atoms with van der Waals surface area (Å²) in [7, 11) is 0. The minimum atomic E-state index is -0.215. The van der Waals surface area contributed by atoms with Crippen LogP contribution in [0.15, 0.2) is 43.2 Å². The van der Waals surface area contributed by atoms with Crippen LogP contribution in [0, 0.1) is 0 Å². The molecule has 0 unspecified atom stereocenters. The van der Waals surface area contributed by atoms with E-state index < -0.39 is 0 Å². The minimum absolute atomic E-state index is 0.0682. The summed E-state index contributed by atoms with van der Waals surface area (Å²) in [5, 5.41) is 0. The lowest BCUT2D eigenvalue weighted by atomic mass is 10.3. The molecule has 6 nitrogen and oxygen atoms in total. The number of aromatic nitrogens is 2. The topological polar surface area (TPSA) is 57.9 Å². The third-order valence-electron chi connectivity index (χ3n) is 3.33. The molecule has 0 bridgehead atoms. The van der Waals surface area contributed by atoms with Crippen molar-refractivity contribution in [3.8, 4) is 0 Å². The van der Waals surface area contributed by atoms with Gasteiger partial charge in [0.15, 0.2) is 5.82 Å². The van der Waals surface area contributed by atoms with Gasteiger partial charge in [-0.15, -0.1) is 0 Å². The van der Waals surface area contributed by atoms with Crippen molar-refractivity contribution in [2.75, 3.05) is 24.5 Å². The number of nitrogens with zero attached hydrogens (tertiary/aromatic N) is 4. The van der Waals surface area contributed by atoms with Gasteiger partial charge < -0.3 is 9.30 Å². The van der Waals surface area contributed by atoms with Crippen molar-refractivity contribution in [3.63, 3.8) is 0 Å². The molecule has 1 saturated heterocycles. The van der Waals surface area contributed by atoms with Gasteiger partial charge in [0.2, 0.25) is 11.8 Å². The van der Waals surface area contributed by atoms with E-state index in [2.05, 4.69) is 11.6 Å². The lowest BCUT2D eigenvalue weighted by Crippen LogP contribution is -2.52. The highest BCUT2D eigenvalue weighted by atomic mass is 16.2. The second kappa shape index (κ2) is 4.80. The van der Waals surface area contributed by atoms with Crippen LogP contribution >= 0.6 is 0 Å². The first-order valence-electron chi connectivity index (χ1n) is 6.34. The number of carbonyl (C=O) groups is 2. The number of pyridine rings is 1. The molecule has 0 atom stereocenters. The lowest BCUT2D eigenvalue weighted by Gasteiger charge is -2.32. The zero-order valence-corrected chi connectivity index (χ0v) is 10.9. The molecule has 0 saturated carbocycles. The highest BCUT2D eigenvalue weighted by molar-refractivity contribution is 5.99. The maximum atomic E-state index is 12.2. The SMILES string of the molecule is C=CC(=O)N1CCN(c2cn3ccccc3n2)C(=O)C1. The molecule has 102 valence electrons. The largest absolute Gasteiger partial charge is 0.328 e. The van der Waals surface area contributed by atoms with E-state index in [-0.39, 0.29) is 18.4 Å². The fourth-order valence-electron chi connectivity index (χ4n) is 2.28. The fraction of sp³-hybridized carbons (Fsp3) is 0.214. The molecule has 3 heterocycles. The average molecular weight is 270 g/mol. The number of fused-ring (bicyclic) bond motifs is 1. The predicted molar refractivity (Wildman–Crippen MR) is 74.3 cm³/mol. The second-order valence-electron chi connectivity index (χ2n) is 4.57. The first-order chi connectivity index (χ1) is 9.69. The normalized spacial score (nSPS) is 15.7. The van der Waals surface area contributed by atoms with Gasteiger partial charge in [-0.3, -0.25) is 14.5 Å². The van der Waals surface area contributed by atoms with Gasteiger partial charge in [0.1, 0.15) is 12.2 Å². The first-order valence-corrected chi connectivity index (χ1v) is 6.34. The van der Waals surface area contributed by atoms with E-state index in [4.69, 9.17) is 0 Å². The number of anilines is 1. The third kappa shape index (κ3) is 2.05. The fourth-order valence-corrected chi connectivity index (χ4v) is 2.28. The van der Waals surface area contributed by atoms with E-state index in [1.54, 1.807) is 4.90 Å². The van der Waals surface area contributed by atoms with Gasteiger partial charge in [0.25, 0.3) is 0 Å². The van der Waals surface area contributed by atoms with Crippen molar-refractivity contribution >= 4 is 23.3 Å². The summed E-state index contributed by atoms with van der Waals surface area (Å²) in [6, 6.07) is 5.68. The van der Waals surface area contributed by atoms with Crippen molar-refractivity contribution in [1.29, 1.82) is 0 Å². The summed E-state index contributed by atoms with van der Waals surface area (Å²) in [5.41, 5.74) is 0.792. The molecule has 0 radical (unpaired) electrons. The van der Waals surface area contributed by atoms with Crippen LogP contribution in [-0.4, -0.2) is 45.7 Å². The molecule has 0 aromatic carbocycles. The lowest BCUT2D eigenvalue weighted by molar-refractivity contribution is -0.133. The van der Waals surface area contributed by atoms with Crippen LogP contribution in [0.3, 0.4) is 0 Å². The van der Waals surface area contributed by atoms with Crippen LogP contribution in [0.5, 0.6) is 0 Å². The maximum absolute atomic E-state index is 12.2. The molecule has 6 heteroatoms. The Morgan fingerprint density at radius 2 is 2.20 bits per heavy atom. The predicted octanol–water partition coefficient (Wildman–Crippen LogP) is 0.696. The van der Waals surface area contributed by atoms with E-state index in [1.165, 1.54) is 11.0 Å². The van der Waals surface area contributed by atoms with Crippen molar-refractivity contribution in [3.05, 3.63) is 43.2 Å².